The van der Waals surface area contributed by atoms with Gasteiger partial charge in [0.1, 0.15) is 0 Å². The molecule has 0 bridgehead atoms. The zero-order valence-corrected chi connectivity index (χ0v) is 8.66. The van der Waals surface area contributed by atoms with Gasteiger partial charge in [0.05, 0.1) is 12.0 Å². The molecule has 0 radical (unpaired) electrons. The molecule has 4 nitrogen and oxygen atoms in total. The van der Waals surface area contributed by atoms with E-state index in [1.807, 2.05) is 12.1 Å². The molecule has 2 unspecified atom stereocenters. The van der Waals surface area contributed by atoms with Crippen LogP contribution in [-0.4, -0.2) is 17.6 Å². The van der Waals surface area contributed by atoms with Gasteiger partial charge in [-0.05, 0) is 17.7 Å². The molecule has 0 aromatic heterocycles. The first-order valence-corrected chi connectivity index (χ1v) is 5.03. The first kappa shape index (κ1) is 10.4. The fourth-order valence-electron chi connectivity index (χ4n) is 1.74. The van der Waals surface area contributed by atoms with Crippen LogP contribution in [0.5, 0.6) is 0 Å². The van der Waals surface area contributed by atoms with E-state index in [0.29, 0.717) is 11.6 Å². The lowest BCUT2D eigenvalue weighted by molar-refractivity contribution is -0.141. The smallest absolute Gasteiger partial charge is 0.309 e. The second-order valence-electron chi connectivity index (χ2n) is 3.50. The maximum Gasteiger partial charge on any atom is 0.309 e. The highest BCUT2D eigenvalue weighted by Gasteiger charge is 2.33. The number of carbonyl (C=O) groups is 1. The number of aliphatic carboxylic acids is 1. The number of halogens is 1. The predicted molar refractivity (Wildman–Crippen MR) is 56.5 cm³/mol. The van der Waals surface area contributed by atoms with Gasteiger partial charge in [-0.1, -0.05) is 23.7 Å². The van der Waals surface area contributed by atoms with Crippen LogP contribution in [0.3, 0.4) is 0 Å². The molecular weight excluding hydrogens is 216 g/mol. The van der Waals surface area contributed by atoms with E-state index in [9.17, 15) is 4.79 Å². The van der Waals surface area contributed by atoms with Gasteiger partial charge in [0, 0.05) is 11.6 Å². The maximum atomic E-state index is 11.0. The van der Waals surface area contributed by atoms with E-state index in [1.165, 1.54) is 0 Å². The molecule has 15 heavy (non-hydrogen) atoms. The van der Waals surface area contributed by atoms with Crippen LogP contribution < -0.4 is 10.9 Å². The van der Waals surface area contributed by atoms with E-state index in [0.717, 1.165) is 5.56 Å². The zero-order valence-electron chi connectivity index (χ0n) is 7.90. The summed E-state index contributed by atoms with van der Waals surface area (Å²) in [5.41, 5.74) is 6.68. The number of rotatable bonds is 2. The maximum absolute atomic E-state index is 11.0. The summed E-state index contributed by atoms with van der Waals surface area (Å²) >= 11 is 5.85. The van der Waals surface area contributed by atoms with Gasteiger partial charge >= 0.3 is 5.97 Å². The molecular formula is C10H11ClN2O2. The van der Waals surface area contributed by atoms with Crippen molar-refractivity contribution in [1.29, 1.82) is 0 Å². The summed E-state index contributed by atoms with van der Waals surface area (Å²) in [6, 6.07) is 7.01. The van der Waals surface area contributed by atoms with Crippen LogP contribution in [0, 0.1) is 5.92 Å². The standard InChI is InChI=1S/C10H11ClN2O2/c11-7-3-1-2-6(4-7)9-8(10(14)15)5-12-13-9/h1-4,8-9,12-13H,5H2,(H,14,15). The van der Waals surface area contributed by atoms with E-state index >= 15 is 0 Å². The number of hydrazine groups is 1. The Morgan fingerprint density at radius 2 is 2.33 bits per heavy atom. The van der Waals surface area contributed by atoms with Crippen LogP contribution in [0.1, 0.15) is 11.6 Å². The van der Waals surface area contributed by atoms with Gasteiger partial charge < -0.3 is 5.11 Å². The third-order valence-corrected chi connectivity index (χ3v) is 2.74. The lowest BCUT2D eigenvalue weighted by Gasteiger charge is -2.15. The fourth-order valence-corrected chi connectivity index (χ4v) is 1.94. The van der Waals surface area contributed by atoms with Gasteiger partial charge in [-0.2, -0.15) is 0 Å². The molecule has 1 saturated heterocycles. The van der Waals surface area contributed by atoms with Crippen LogP contribution in [0.4, 0.5) is 0 Å². The Kier molecular flexibility index (Phi) is 2.90. The Labute approximate surface area is 92.2 Å². The van der Waals surface area contributed by atoms with Crippen LogP contribution >= 0.6 is 11.6 Å². The Hall–Kier alpha value is -1.10. The molecule has 0 spiro atoms. The van der Waals surface area contributed by atoms with Crippen molar-refractivity contribution in [3.63, 3.8) is 0 Å². The van der Waals surface area contributed by atoms with Crippen molar-refractivity contribution in [2.45, 2.75) is 6.04 Å². The monoisotopic (exact) mass is 226 g/mol. The molecule has 5 heteroatoms. The molecule has 0 saturated carbocycles. The first-order chi connectivity index (χ1) is 7.18. The zero-order chi connectivity index (χ0) is 10.8. The average Bonchev–Trinajstić information content (AvgIpc) is 2.65. The van der Waals surface area contributed by atoms with Crippen LogP contribution in [0.25, 0.3) is 0 Å². The quantitative estimate of drug-likeness (QED) is 0.709. The molecule has 0 amide bonds. The van der Waals surface area contributed by atoms with Crippen molar-refractivity contribution >= 4 is 17.6 Å². The molecule has 3 N–H and O–H groups in total. The number of carboxylic acid groups (broad SMARTS) is 1. The minimum atomic E-state index is -0.808. The minimum absolute atomic E-state index is 0.221. The van der Waals surface area contributed by atoms with Crippen molar-refractivity contribution in [2.24, 2.45) is 5.92 Å². The molecule has 80 valence electrons. The lowest BCUT2D eigenvalue weighted by atomic mass is 9.95. The second kappa shape index (κ2) is 4.18. The molecule has 0 aliphatic carbocycles. The van der Waals surface area contributed by atoms with Gasteiger partial charge in [-0.15, -0.1) is 0 Å². The molecule has 1 aliphatic rings. The average molecular weight is 227 g/mol. The summed E-state index contributed by atoms with van der Waals surface area (Å²) in [6.07, 6.45) is 0. The van der Waals surface area contributed by atoms with Gasteiger partial charge in [0.25, 0.3) is 0 Å². The van der Waals surface area contributed by atoms with Gasteiger partial charge in [0.2, 0.25) is 0 Å². The SMILES string of the molecule is O=C(O)C1CNNC1c1cccc(Cl)c1. The highest BCUT2D eigenvalue weighted by molar-refractivity contribution is 6.30. The Morgan fingerprint density at radius 3 is 3.00 bits per heavy atom. The Balaban J connectivity index is 2.26. The summed E-state index contributed by atoms with van der Waals surface area (Å²) in [6.45, 7) is 0.423. The molecule has 1 aromatic rings. The molecule has 2 atom stereocenters. The molecule has 1 heterocycles. The summed E-state index contributed by atoms with van der Waals surface area (Å²) in [7, 11) is 0. The van der Waals surface area contributed by atoms with Crippen molar-refractivity contribution < 1.29 is 9.90 Å². The molecule has 1 fully saturated rings. The Morgan fingerprint density at radius 1 is 1.53 bits per heavy atom. The second-order valence-corrected chi connectivity index (χ2v) is 3.94. The highest BCUT2D eigenvalue weighted by Crippen LogP contribution is 2.26. The predicted octanol–water partition coefficient (Wildman–Crippen LogP) is 1.19. The number of hydrogen-bond donors (Lipinski definition) is 3. The highest BCUT2D eigenvalue weighted by atomic mass is 35.5. The summed E-state index contributed by atoms with van der Waals surface area (Å²) in [5.74, 6) is -1.26. The summed E-state index contributed by atoms with van der Waals surface area (Å²) in [4.78, 5) is 11.0. The number of carboxylic acids is 1. The van der Waals surface area contributed by atoms with Crippen molar-refractivity contribution in [1.82, 2.24) is 10.9 Å². The molecule has 2 rings (SSSR count). The van der Waals surface area contributed by atoms with Crippen molar-refractivity contribution in [2.75, 3.05) is 6.54 Å². The largest absolute Gasteiger partial charge is 0.481 e. The Bertz CT molecular complexity index is 383. The lowest BCUT2D eigenvalue weighted by Crippen LogP contribution is -2.26. The number of hydrogen-bond acceptors (Lipinski definition) is 3. The van der Waals surface area contributed by atoms with E-state index in [-0.39, 0.29) is 6.04 Å². The van der Waals surface area contributed by atoms with Crippen LogP contribution in [-0.2, 0) is 4.79 Å². The topological polar surface area (TPSA) is 61.4 Å². The van der Waals surface area contributed by atoms with E-state index < -0.39 is 11.9 Å². The van der Waals surface area contributed by atoms with E-state index in [1.54, 1.807) is 12.1 Å². The normalized spacial score (nSPS) is 25.4. The minimum Gasteiger partial charge on any atom is -0.481 e. The van der Waals surface area contributed by atoms with Crippen LogP contribution in [0.15, 0.2) is 24.3 Å². The van der Waals surface area contributed by atoms with Crippen molar-refractivity contribution in [3.8, 4) is 0 Å². The third-order valence-electron chi connectivity index (χ3n) is 2.51. The number of nitrogens with one attached hydrogen (secondary N) is 2. The van der Waals surface area contributed by atoms with Gasteiger partial charge in [0.15, 0.2) is 0 Å². The number of benzene rings is 1. The van der Waals surface area contributed by atoms with Gasteiger partial charge in [-0.25, -0.2) is 5.43 Å². The molecule has 1 aromatic carbocycles. The van der Waals surface area contributed by atoms with E-state index in [4.69, 9.17) is 16.7 Å². The third kappa shape index (κ3) is 2.12. The van der Waals surface area contributed by atoms with Gasteiger partial charge in [-0.3, -0.25) is 10.2 Å². The fraction of sp³-hybridized carbons (Fsp3) is 0.300. The van der Waals surface area contributed by atoms with Crippen LogP contribution in [0.2, 0.25) is 5.02 Å². The summed E-state index contributed by atoms with van der Waals surface area (Å²) < 4.78 is 0. The summed E-state index contributed by atoms with van der Waals surface area (Å²) in [5, 5.41) is 9.62. The van der Waals surface area contributed by atoms with Crippen molar-refractivity contribution in [3.05, 3.63) is 34.9 Å². The first-order valence-electron chi connectivity index (χ1n) is 4.65. The van der Waals surface area contributed by atoms with E-state index in [2.05, 4.69) is 10.9 Å². The molecule has 1 aliphatic heterocycles.